The van der Waals surface area contributed by atoms with Gasteiger partial charge in [-0.2, -0.15) is 0 Å². The van der Waals surface area contributed by atoms with Crippen LogP contribution in [0.2, 0.25) is 0 Å². The van der Waals surface area contributed by atoms with Crippen LogP contribution in [0.15, 0.2) is 18.2 Å². The Morgan fingerprint density at radius 1 is 1.50 bits per heavy atom. The number of aryl methyl sites for hydroxylation is 1. The lowest BCUT2D eigenvalue weighted by atomic mass is 9.99. The zero-order valence-corrected chi connectivity index (χ0v) is 9.27. The summed E-state index contributed by atoms with van der Waals surface area (Å²) >= 11 is 0. The van der Waals surface area contributed by atoms with E-state index in [9.17, 15) is 15.2 Å². The molecule has 4 heteroatoms. The quantitative estimate of drug-likeness (QED) is 0.627. The maximum atomic E-state index is 10.9. The molecule has 0 spiro atoms. The molecule has 0 radical (unpaired) electrons. The summed E-state index contributed by atoms with van der Waals surface area (Å²) in [5.41, 5.74) is 1.31. The first-order valence-electron chi connectivity index (χ1n) is 5.47. The van der Waals surface area contributed by atoms with E-state index < -0.39 is 5.60 Å². The Morgan fingerprint density at radius 3 is 2.75 bits per heavy atom. The second-order valence-electron chi connectivity index (χ2n) is 4.55. The third-order valence-corrected chi connectivity index (χ3v) is 3.25. The number of nitro groups is 1. The number of benzene rings is 1. The number of hydrogen-bond acceptors (Lipinski definition) is 3. The minimum absolute atomic E-state index is 0.171. The lowest BCUT2D eigenvalue weighted by Gasteiger charge is -2.09. The highest BCUT2D eigenvalue weighted by atomic mass is 16.6. The third-order valence-electron chi connectivity index (χ3n) is 3.25. The van der Waals surface area contributed by atoms with Gasteiger partial charge in [0.2, 0.25) is 0 Å². The van der Waals surface area contributed by atoms with Crippen LogP contribution in [0.25, 0.3) is 0 Å². The van der Waals surface area contributed by atoms with Gasteiger partial charge in [0, 0.05) is 11.6 Å². The molecule has 16 heavy (non-hydrogen) atoms. The second kappa shape index (κ2) is 3.87. The van der Waals surface area contributed by atoms with Gasteiger partial charge in [0.05, 0.1) is 10.5 Å². The van der Waals surface area contributed by atoms with Crippen molar-refractivity contribution in [1.82, 2.24) is 0 Å². The van der Waals surface area contributed by atoms with Crippen LogP contribution >= 0.6 is 0 Å². The van der Waals surface area contributed by atoms with E-state index in [1.807, 2.05) is 13.0 Å². The molecule has 2 rings (SSSR count). The molecule has 0 heterocycles. The Hall–Kier alpha value is -1.42. The van der Waals surface area contributed by atoms with Gasteiger partial charge in [-0.3, -0.25) is 10.1 Å². The monoisotopic (exact) mass is 221 g/mol. The molecule has 4 nitrogen and oxygen atoms in total. The summed E-state index contributed by atoms with van der Waals surface area (Å²) in [6.45, 7) is 1.87. The predicted molar refractivity (Wildman–Crippen MR) is 60.3 cm³/mol. The maximum absolute atomic E-state index is 10.9. The second-order valence-corrected chi connectivity index (χ2v) is 4.55. The van der Waals surface area contributed by atoms with Crippen LogP contribution < -0.4 is 0 Å². The molecule has 86 valence electrons. The van der Waals surface area contributed by atoms with Crippen LogP contribution in [0.1, 0.15) is 30.4 Å². The molecular formula is C12H15NO3. The maximum Gasteiger partial charge on any atom is 0.272 e. The van der Waals surface area contributed by atoms with E-state index in [-0.39, 0.29) is 10.6 Å². The molecule has 1 N–H and O–H groups in total. The molecule has 0 aliphatic heterocycles. The van der Waals surface area contributed by atoms with Gasteiger partial charge in [-0.15, -0.1) is 0 Å². The Bertz CT molecular complexity index is 424. The average Bonchev–Trinajstić information content (AvgIpc) is 2.95. The van der Waals surface area contributed by atoms with Gasteiger partial charge in [-0.25, -0.2) is 0 Å². The Labute approximate surface area is 94.1 Å². The third kappa shape index (κ3) is 2.22. The number of nitrogens with zero attached hydrogens (tertiary/aromatic N) is 1. The van der Waals surface area contributed by atoms with Gasteiger partial charge in [0.15, 0.2) is 0 Å². The minimum Gasteiger partial charge on any atom is -0.390 e. The molecule has 1 aliphatic carbocycles. The summed E-state index contributed by atoms with van der Waals surface area (Å²) in [6, 6.07) is 5.10. The van der Waals surface area contributed by atoms with Gasteiger partial charge in [0.25, 0.3) is 5.69 Å². The molecule has 0 unspecified atom stereocenters. The van der Waals surface area contributed by atoms with Gasteiger partial charge < -0.3 is 5.11 Å². The standard InChI is InChI=1S/C12H15NO3/c1-9-3-2-4-11(13(15)16)10(9)5-6-12(14)7-8-12/h2-4,14H,5-8H2,1H3. The van der Waals surface area contributed by atoms with Crippen LogP contribution in [0.4, 0.5) is 5.69 Å². The highest BCUT2D eigenvalue weighted by Gasteiger charge is 2.40. The lowest BCUT2D eigenvalue weighted by Crippen LogP contribution is -2.09. The first-order chi connectivity index (χ1) is 7.52. The van der Waals surface area contributed by atoms with Gasteiger partial charge >= 0.3 is 0 Å². The zero-order chi connectivity index (χ0) is 11.8. The molecular weight excluding hydrogens is 206 g/mol. The Morgan fingerprint density at radius 2 is 2.19 bits per heavy atom. The molecule has 0 atom stereocenters. The molecule has 0 bridgehead atoms. The van der Waals surface area contributed by atoms with Crippen LogP contribution in [-0.4, -0.2) is 15.6 Å². The van der Waals surface area contributed by atoms with Crippen molar-refractivity contribution in [2.75, 3.05) is 0 Å². The van der Waals surface area contributed by atoms with E-state index in [2.05, 4.69) is 0 Å². The van der Waals surface area contributed by atoms with E-state index >= 15 is 0 Å². The van der Waals surface area contributed by atoms with Crippen molar-refractivity contribution in [2.45, 2.75) is 38.2 Å². The average molecular weight is 221 g/mol. The van der Waals surface area contributed by atoms with Crippen molar-refractivity contribution in [1.29, 1.82) is 0 Å². The molecule has 1 saturated carbocycles. The molecule has 1 aromatic rings. The van der Waals surface area contributed by atoms with E-state index in [1.165, 1.54) is 6.07 Å². The number of nitro benzene ring substituents is 1. The highest BCUT2D eigenvalue weighted by Crippen LogP contribution is 2.40. The first-order valence-corrected chi connectivity index (χ1v) is 5.47. The van der Waals surface area contributed by atoms with E-state index in [0.717, 1.165) is 24.0 Å². The van der Waals surface area contributed by atoms with Gasteiger partial charge in [-0.1, -0.05) is 12.1 Å². The van der Waals surface area contributed by atoms with Gasteiger partial charge in [0.1, 0.15) is 0 Å². The van der Waals surface area contributed by atoms with E-state index in [1.54, 1.807) is 6.07 Å². The highest BCUT2D eigenvalue weighted by molar-refractivity contribution is 5.45. The summed E-state index contributed by atoms with van der Waals surface area (Å²) in [6.07, 6.45) is 2.86. The zero-order valence-electron chi connectivity index (χ0n) is 9.27. The van der Waals surface area contributed by atoms with Crippen molar-refractivity contribution >= 4 is 5.69 Å². The molecule has 0 aromatic heterocycles. The van der Waals surface area contributed by atoms with E-state index in [0.29, 0.717) is 12.8 Å². The Balaban J connectivity index is 2.20. The van der Waals surface area contributed by atoms with E-state index in [4.69, 9.17) is 0 Å². The smallest absolute Gasteiger partial charge is 0.272 e. The summed E-state index contributed by atoms with van der Waals surface area (Å²) in [5, 5.41) is 20.6. The van der Waals surface area contributed by atoms with Crippen LogP contribution in [0, 0.1) is 17.0 Å². The van der Waals surface area contributed by atoms with Gasteiger partial charge in [-0.05, 0) is 38.2 Å². The topological polar surface area (TPSA) is 63.4 Å². The fourth-order valence-corrected chi connectivity index (χ4v) is 1.94. The largest absolute Gasteiger partial charge is 0.390 e. The number of aliphatic hydroxyl groups is 1. The Kier molecular flexibility index (Phi) is 2.68. The molecule has 1 aliphatic rings. The van der Waals surface area contributed by atoms with Crippen LogP contribution in [0.3, 0.4) is 0 Å². The van der Waals surface area contributed by atoms with Crippen LogP contribution in [0.5, 0.6) is 0 Å². The summed E-state index contributed by atoms with van der Waals surface area (Å²) in [7, 11) is 0. The summed E-state index contributed by atoms with van der Waals surface area (Å²) in [5.74, 6) is 0. The van der Waals surface area contributed by atoms with Crippen LogP contribution in [-0.2, 0) is 6.42 Å². The predicted octanol–water partition coefficient (Wildman–Crippen LogP) is 2.36. The minimum atomic E-state index is -0.545. The summed E-state index contributed by atoms with van der Waals surface area (Å²) < 4.78 is 0. The SMILES string of the molecule is Cc1cccc([N+](=O)[O-])c1CCC1(O)CC1. The molecule has 0 saturated heterocycles. The fourth-order valence-electron chi connectivity index (χ4n) is 1.94. The molecule has 1 fully saturated rings. The summed E-state index contributed by atoms with van der Waals surface area (Å²) in [4.78, 5) is 10.5. The molecule has 1 aromatic carbocycles. The lowest BCUT2D eigenvalue weighted by molar-refractivity contribution is -0.385. The fraction of sp³-hybridized carbons (Fsp3) is 0.500. The van der Waals surface area contributed by atoms with Crippen molar-refractivity contribution in [3.63, 3.8) is 0 Å². The van der Waals surface area contributed by atoms with Crippen molar-refractivity contribution in [2.24, 2.45) is 0 Å². The van der Waals surface area contributed by atoms with Crippen molar-refractivity contribution in [3.8, 4) is 0 Å². The molecule has 0 amide bonds. The van der Waals surface area contributed by atoms with Crippen molar-refractivity contribution in [3.05, 3.63) is 39.4 Å². The van der Waals surface area contributed by atoms with Crippen molar-refractivity contribution < 1.29 is 10.0 Å². The normalized spacial score (nSPS) is 17.1. The number of hydrogen-bond donors (Lipinski definition) is 1. The first kappa shape index (κ1) is 11.1. The number of rotatable bonds is 4.